The first-order valence-electron chi connectivity index (χ1n) is 7.61. The second-order valence-electron chi connectivity index (χ2n) is 5.90. The highest BCUT2D eigenvalue weighted by Gasteiger charge is 2.17. The summed E-state index contributed by atoms with van der Waals surface area (Å²) in [6.45, 7) is 7.13. The van der Waals surface area contributed by atoms with Gasteiger partial charge in [0, 0.05) is 31.9 Å². The quantitative estimate of drug-likeness (QED) is 0.859. The Morgan fingerprint density at radius 1 is 1.19 bits per heavy atom. The van der Waals surface area contributed by atoms with Crippen molar-refractivity contribution in [2.24, 2.45) is 0 Å². The summed E-state index contributed by atoms with van der Waals surface area (Å²) in [6, 6.07) is 12.7. The highest BCUT2D eigenvalue weighted by molar-refractivity contribution is 5.31. The molecule has 0 N–H and O–H groups in total. The SMILES string of the molecule is CC(C)Oc1cc2c(cn1)CN(Cc1ccccc1)CC2. The summed E-state index contributed by atoms with van der Waals surface area (Å²) in [7, 11) is 0. The van der Waals surface area contributed by atoms with E-state index in [1.165, 1.54) is 16.7 Å². The van der Waals surface area contributed by atoms with Crippen LogP contribution >= 0.6 is 0 Å². The second-order valence-corrected chi connectivity index (χ2v) is 5.90. The molecule has 110 valence electrons. The van der Waals surface area contributed by atoms with Crippen LogP contribution in [-0.2, 0) is 19.5 Å². The van der Waals surface area contributed by atoms with Gasteiger partial charge in [0.05, 0.1) is 6.10 Å². The topological polar surface area (TPSA) is 25.4 Å². The molecule has 0 saturated heterocycles. The molecule has 0 unspecified atom stereocenters. The molecule has 3 rings (SSSR count). The van der Waals surface area contributed by atoms with E-state index in [1.807, 2.05) is 20.0 Å². The molecule has 0 radical (unpaired) electrons. The maximum atomic E-state index is 5.68. The van der Waals surface area contributed by atoms with E-state index in [0.717, 1.165) is 31.9 Å². The average molecular weight is 282 g/mol. The molecule has 21 heavy (non-hydrogen) atoms. The Hall–Kier alpha value is -1.87. The van der Waals surface area contributed by atoms with Gasteiger partial charge in [0.25, 0.3) is 0 Å². The van der Waals surface area contributed by atoms with Crippen molar-refractivity contribution in [2.75, 3.05) is 6.54 Å². The lowest BCUT2D eigenvalue weighted by Crippen LogP contribution is -2.30. The Labute approximate surface area is 126 Å². The van der Waals surface area contributed by atoms with Crippen LogP contribution in [0.2, 0.25) is 0 Å². The molecule has 0 atom stereocenters. The van der Waals surface area contributed by atoms with Gasteiger partial charge >= 0.3 is 0 Å². The Morgan fingerprint density at radius 3 is 2.76 bits per heavy atom. The molecular formula is C18H22N2O. The van der Waals surface area contributed by atoms with E-state index in [9.17, 15) is 0 Å². The van der Waals surface area contributed by atoms with Crippen molar-refractivity contribution in [1.29, 1.82) is 0 Å². The lowest BCUT2D eigenvalue weighted by molar-refractivity contribution is 0.227. The number of hydrogen-bond acceptors (Lipinski definition) is 3. The molecule has 1 aromatic heterocycles. The minimum atomic E-state index is 0.175. The van der Waals surface area contributed by atoms with Gasteiger partial charge in [0.1, 0.15) is 0 Å². The van der Waals surface area contributed by atoms with Gasteiger partial charge in [0.15, 0.2) is 0 Å². The third kappa shape index (κ3) is 3.61. The van der Waals surface area contributed by atoms with Gasteiger partial charge < -0.3 is 4.74 Å². The van der Waals surface area contributed by atoms with Gasteiger partial charge in [-0.25, -0.2) is 4.98 Å². The Kier molecular flexibility index (Phi) is 4.20. The standard InChI is InChI=1S/C18H22N2O/c1-14(2)21-18-10-16-8-9-20(13-17(16)11-19-18)12-15-6-4-3-5-7-15/h3-7,10-11,14H,8-9,12-13H2,1-2H3. The maximum absolute atomic E-state index is 5.68. The van der Waals surface area contributed by atoms with Crippen LogP contribution in [0.25, 0.3) is 0 Å². The van der Waals surface area contributed by atoms with Gasteiger partial charge in [-0.05, 0) is 37.0 Å². The normalized spacial score (nSPS) is 15.0. The van der Waals surface area contributed by atoms with Crippen LogP contribution in [-0.4, -0.2) is 22.5 Å². The average Bonchev–Trinajstić information content (AvgIpc) is 2.48. The molecule has 0 saturated carbocycles. The van der Waals surface area contributed by atoms with Crippen molar-refractivity contribution < 1.29 is 4.74 Å². The first-order valence-corrected chi connectivity index (χ1v) is 7.61. The second kappa shape index (κ2) is 6.27. The van der Waals surface area contributed by atoms with Crippen molar-refractivity contribution in [2.45, 2.75) is 39.5 Å². The highest BCUT2D eigenvalue weighted by atomic mass is 16.5. The molecule has 1 aliphatic rings. The number of aromatic nitrogens is 1. The molecule has 0 bridgehead atoms. The van der Waals surface area contributed by atoms with Gasteiger partial charge in [-0.3, -0.25) is 4.90 Å². The number of ether oxygens (including phenoxy) is 1. The van der Waals surface area contributed by atoms with E-state index in [2.05, 4.69) is 46.3 Å². The van der Waals surface area contributed by atoms with Crippen LogP contribution in [0.5, 0.6) is 5.88 Å². The summed E-state index contributed by atoms with van der Waals surface area (Å²) in [6.07, 6.45) is 3.22. The number of hydrogen-bond donors (Lipinski definition) is 0. The Bertz CT molecular complexity index is 595. The minimum absolute atomic E-state index is 0.175. The summed E-state index contributed by atoms with van der Waals surface area (Å²) in [5.74, 6) is 0.750. The van der Waals surface area contributed by atoms with E-state index in [-0.39, 0.29) is 6.10 Å². The van der Waals surface area contributed by atoms with E-state index in [0.29, 0.717) is 0 Å². The summed E-state index contributed by atoms with van der Waals surface area (Å²) < 4.78 is 5.68. The minimum Gasteiger partial charge on any atom is -0.475 e. The van der Waals surface area contributed by atoms with E-state index >= 15 is 0 Å². The largest absolute Gasteiger partial charge is 0.475 e. The number of benzene rings is 1. The molecule has 0 fully saturated rings. The van der Waals surface area contributed by atoms with Gasteiger partial charge in [0.2, 0.25) is 5.88 Å². The summed E-state index contributed by atoms with van der Waals surface area (Å²) in [5.41, 5.74) is 4.08. The van der Waals surface area contributed by atoms with Crippen LogP contribution < -0.4 is 4.74 Å². The third-order valence-electron chi connectivity index (χ3n) is 3.75. The van der Waals surface area contributed by atoms with Crippen LogP contribution in [0.4, 0.5) is 0 Å². The summed E-state index contributed by atoms with van der Waals surface area (Å²) >= 11 is 0. The number of nitrogens with zero attached hydrogens (tertiary/aromatic N) is 2. The van der Waals surface area contributed by atoms with E-state index in [4.69, 9.17) is 4.74 Å². The highest BCUT2D eigenvalue weighted by Crippen LogP contribution is 2.23. The lowest BCUT2D eigenvalue weighted by atomic mass is 10.0. The first-order chi connectivity index (χ1) is 10.2. The zero-order valence-corrected chi connectivity index (χ0v) is 12.7. The van der Waals surface area contributed by atoms with E-state index < -0.39 is 0 Å². The molecule has 0 amide bonds. The van der Waals surface area contributed by atoms with Gasteiger partial charge in [-0.2, -0.15) is 0 Å². The summed E-state index contributed by atoms with van der Waals surface area (Å²) in [4.78, 5) is 6.90. The molecule has 2 heterocycles. The predicted octanol–water partition coefficient (Wildman–Crippen LogP) is 3.43. The van der Waals surface area contributed by atoms with Crippen LogP contribution in [0, 0.1) is 0 Å². The predicted molar refractivity (Wildman–Crippen MR) is 84.3 cm³/mol. The Morgan fingerprint density at radius 2 is 2.00 bits per heavy atom. The first kappa shape index (κ1) is 14.1. The lowest BCUT2D eigenvalue weighted by Gasteiger charge is -2.28. The Balaban J connectivity index is 1.68. The van der Waals surface area contributed by atoms with Gasteiger partial charge in [-0.15, -0.1) is 0 Å². The molecule has 3 nitrogen and oxygen atoms in total. The van der Waals surface area contributed by atoms with Crippen molar-refractivity contribution in [3.63, 3.8) is 0 Å². The monoisotopic (exact) mass is 282 g/mol. The molecule has 0 spiro atoms. The molecular weight excluding hydrogens is 260 g/mol. The molecule has 3 heteroatoms. The number of pyridine rings is 1. The smallest absolute Gasteiger partial charge is 0.213 e. The van der Waals surface area contributed by atoms with Crippen LogP contribution in [0.3, 0.4) is 0 Å². The number of rotatable bonds is 4. The van der Waals surface area contributed by atoms with Crippen molar-refractivity contribution >= 4 is 0 Å². The van der Waals surface area contributed by atoms with Crippen molar-refractivity contribution in [3.05, 3.63) is 59.3 Å². The molecule has 1 aromatic carbocycles. The fraction of sp³-hybridized carbons (Fsp3) is 0.389. The molecule has 2 aromatic rings. The number of fused-ring (bicyclic) bond motifs is 1. The fourth-order valence-corrected chi connectivity index (χ4v) is 2.76. The fourth-order valence-electron chi connectivity index (χ4n) is 2.76. The third-order valence-corrected chi connectivity index (χ3v) is 3.75. The van der Waals surface area contributed by atoms with E-state index in [1.54, 1.807) is 0 Å². The van der Waals surface area contributed by atoms with Gasteiger partial charge in [-0.1, -0.05) is 30.3 Å². The van der Waals surface area contributed by atoms with Crippen molar-refractivity contribution in [1.82, 2.24) is 9.88 Å². The van der Waals surface area contributed by atoms with Crippen molar-refractivity contribution in [3.8, 4) is 5.88 Å². The molecule has 1 aliphatic heterocycles. The molecule has 0 aliphatic carbocycles. The summed E-state index contributed by atoms with van der Waals surface area (Å²) in [5, 5.41) is 0. The zero-order valence-electron chi connectivity index (χ0n) is 12.7. The zero-order chi connectivity index (χ0) is 14.7. The van der Waals surface area contributed by atoms with Crippen LogP contribution in [0.1, 0.15) is 30.5 Å². The van der Waals surface area contributed by atoms with Crippen LogP contribution in [0.15, 0.2) is 42.6 Å². The maximum Gasteiger partial charge on any atom is 0.213 e.